The number of methoxy groups -OCH3 is 1. The van der Waals surface area contributed by atoms with Gasteiger partial charge in [-0.3, -0.25) is 4.79 Å². The molecule has 2 aromatic heterocycles. The maximum Gasteiger partial charge on any atom is 0.258 e. The normalized spacial score (nSPS) is 16.0. The van der Waals surface area contributed by atoms with Gasteiger partial charge in [0.1, 0.15) is 22.6 Å². The van der Waals surface area contributed by atoms with E-state index >= 15 is 0 Å². The summed E-state index contributed by atoms with van der Waals surface area (Å²) >= 11 is 0. The first-order valence-corrected chi connectivity index (χ1v) is 10.2. The quantitative estimate of drug-likeness (QED) is 0.506. The molecule has 0 N–H and O–H groups in total. The number of rotatable bonds is 3. The highest BCUT2D eigenvalue weighted by atomic mass is 16.5. The zero-order valence-corrected chi connectivity index (χ0v) is 17.2. The molecule has 0 spiro atoms. The molecule has 8 heteroatoms. The number of aromatic nitrogens is 2. The molecule has 31 heavy (non-hydrogen) atoms. The zero-order valence-electron chi connectivity index (χ0n) is 17.2. The summed E-state index contributed by atoms with van der Waals surface area (Å²) in [6.45, 7) is 2.74. The lowest BCUT2D eigenvalue weighted by Gasteiger charge is -2.28. The molecule has 156 valence electrons. The first kappa shape index (κ1) is 18.1. The Labute approximate surface area is 178 Å². The zero-order chi connectivity index (χ0) is 21.1. The number of anilines is 2. The highest BCUT2D eigenvalue weighted by Gasteiger charge is 2.32. The highest BCUT2D eigenvalue weighted by molar-refractivity contribution is 6.28. The van der Waals surface area contributed by atoms with E-state index < -0.39 is 0 Å². The number of carbonyl (C=O) groups is 1. The molecule has 0 atom stereocenters. The van der Waals surface area contributed by atoms with Crippen molar-refractivity contribution in [3.05, 3.63) is 42.0 Å². The van der Waals surface area contributed by atoms with Gasteiger partial charge in [0.25, 0.3) is 5.91 Å². The van der Waals surface area contributed by atoms with Crippen LogP contribution in [-0.2, 0) is 4.74 Å². The van der Waals surface area contributed by atoms with Gasteiger partial charge in [-0.1, -0.05) is 12.1 Å². The van der Waals surface area contributed by atoms with E-state index in [4.69, 9.17) is 23.9 Å². The van der Waals surface area contributed by atoms with Crippen molar-refractivity contribution in [3.8, 4) is 17.2 Å². The molecule has 4 aromatic rings. The lowest BCUT2D eigenvalue weighted by atomic mass is 10.1. The van der Waals surface area contributed by atoms with Crippen LogP contribution in [0, 0.1) is 0 Å². The molecule has 1 saturated heterocycles. The number of nitrogens with zero attached hydrogens (tertiary/aromatic N) is 4. The minimum absolute atomic E-state index is 0.0467. The topological polar surface area (TPSA) is 80.9 Å². The number of oxazole rings is 1. The van der Waals surface area contributed by atoms with Crippen molar-refractivity contribution in [2.45, 2.75) is 0 Å². The third kappa shape index (κ3) is 2.61. The van der Waals surface area contributed by atoms with E-state index in [1.807, 2.05) is 36.4 Å². The summed E-state index contributed by atoms with van der Waals surface area (Å²) in [7, 11) is 3.39. The Morgan fingerprint density at radius 2 is 1.84 bits per heavy atom. The maximum absolute atomic E-state index is 13.0. The van der Waals surface area contributed by atoms with Crippen LogP contribution in [0.15, 0.2) is 40.8 Å². The number of benzene rings is 2. The van der Waals surface area contributed by atoms with E-state index in [1.54, 1.807) is 19.1 Å². The fraction of sp³-hybridized carbons (Fsp3) is 0.261. The van der Waals surface area contributed by atoms with Crippen molar-refractivity contribution in [2.24, 2.45) is 0 Å². The van der Waals surface area contributed by atoms with Crippen molar-refractivity contribution in [1.82, 2.24) is 9.97 Å². The first-order valence-electron chi connectivity index (χ1n) is 10.2. The van der Waals surface area contributed by atoms with Crippen molar-refractivity contribution in [3.63, 3.8) is 0 Å². The highest BCUT2D eigenvalue weighted by Crippen LogP contribution is 2.43. The van der Waals surface area contributed by atoms with Crippen LogP contribution in [0.1, 0.15) is 10.4 Å². The Morgan fingerprint density at radius 1 is 1.03 bits per heavy atom. The number of morpholine rings is 1. The second-order valence-corrected chi connectivity index (χ2v) is 7.68. The summed E-state index contributed by atoms with van der Waals surface area (Å²) in [6, 6.07) is 11.4. The molecule has 0 radical (unpaired) electrons. The molecule has 2 aromatic carbocycles. The van der Waals surface area contributed by atoms with Crippen LogP contribution >= 0.6 is 0 Å². The van der Waals surface area contributed by atoms with Gasteiger partial charge in [-0.15, -0.1) is 0 Å². The number of hydrogen-bond donors (Lipinski definition) is 0. The number of para-hydroxylation sites is 1. The Kier molecular flexibility index (Phi) is 3.91. The van der Waals surface area contributed by atoms with Gasteiger partial charge in [-0.05, 0) is 18.2 Å². The fourth-order valence-corrected chi connectivity index (χ4v) is 4.37. The van der Waals surface area contributed by atoms with Crippen LogP contribution in [0.4, 0.5) is 11.5 Å². The molecule has 2 aliphatic rings. The molecule has 1 amide bonds. The number of amides is 1. The van der Waals surface area contributed by atoms with E-state index in [0.717, 1.165) is 35.5 Å². The number of carbonyl (C=O) groups excluding carboxylic acids is 1. The number of fused-ring (bicyclic) bond motifs is 2. The van der Waals surface area contributed by atoms with Gasteiger partial charge in [0.2, 0.25) is 5.89 Å². The predicted octanol–water partition coefficient (Wildman–Crippen LogP) is 3.48. The summed E-state index contributed by atoms with van der Waals surface area (Å²) < 4.78 is 17.1. The van der Waals surface area contributed by atoms with E-state index in [2.05, 4.69) is 4.90 Å². The molecular formula is C23H20N4O4. The number of pyridine rings is 1. The maximum atomic E-state index is 13.0. The van der Waals surface area contributed by atoms with Gasteiger partial charge in [0.15, 0.2) is 5.58 Å². The van der Waals surface area contributed by atoms with Crippen molar-refractivity contribution >= 4 is 39.4 Å². The monoisotopic (exact) mass is 416 g/mol. The van der Waals surface area contributed by atoms with E-state index in [0.29, 0.717) is 47.0 Å². The molecular weight excluding hydrogens is 396 g/mol. The summed E-state index contributed by atoms with van der Waals surface area (Å²) in [5.41, 5.74) is 4.09. The average molecular weight is 416 g/mol. The number of ether oxygens (including phenoxy) is 2. The minimum atomic E-state index is -0.0467. The summed E-state index contributed by atoms with van der Waals surface area (Å²) in [5, 5.41) is 0.817. The van der Waals surface area contributed by atoms with Gasteiger partial charge >= 0.3 is 0 Å². The molecule has 0 unspecified atom stereocenters. The van der Waals surface area contributed by atoms with Crippen LogP contribution in [0.2, 0.25) is 0 Å². The fourth-order valence-electron chi connectivity index (χ4n) is 4.37. The van der Waals surface area contributed by atoms with Crippen molar-refractivity contribution < 1.29 is 18.7 Å². The first-order chi connectivity index (χ1) is 15.2. The van der Waals surface area contributed by atoms with Crippen molar-refractivity contribution in [2.75, 3.05) is 50.3 Å². The third-order valence-corrected chi connectivity index (χ3v) is 5.98. The second-order valence-electron chi connectivity index (χ2n) is 7.68. The van der Waals surface area contributed by atoms with Crippen LogP contribution in [0.5, 0.6) is 5.75 Å². The van der Waals surface area contributed by atoms with Crippen LogP contribution in [0.25, 0.3) is 33.5 Å². The molecule has 1 fully saturated rings. The van der Waals surface area contributed by atoms with Crippen molar-refractivity contribution in [1.29, 1.82) is 0 Å². The predicted molar refractivity (Wildman–Crippen MR) is 117 cm³/mol. The van der Waals surface area contributed by atoms with E-state index in [1.165, 1.54) is 0 Å². The van der Waals surface area contributed by atoms with Gasteiger partial charge < -0.3 is 23.7 Å². The van der Waals surface area contributed by atoms with Gasteiger partial charge in [-0.25, -0.2) is 9.97 Å². The lowest BCUT2D eigenvalue weighted by Crippen LogP contribution is -2.36. The Bertz CT molecular complexity index is 1360. The van der Waals surface area contributed by atoms with Crippen LogP contribution < -0.4 is 14.5 Å². The smallest absolute Gasteiger partial charge is 0.258 e. The second kappa shape index (κ2) is 6.68. The Balaban J connectivity index is 1.63. The molecule has 0 saturated carbocycles. The molecule has 6 rings (SSSR count). The largest absolute Gasteiger partial charge is 0.496 e. The van der Waals surface area contributed by atoms with Gasteiger partial charge in [0.05, 0.1) is 37.1 Å². The Morgan fingerprint density at radius 3 is 2.65 bits per heavy atom. The van der Waals surface area contributed by atoms with Gasteiger partial charge in [-0.2, -0.15) is 0 Å². The number of hydrogen-bond acceptors (Lipinski definition) is 7. The SMILES string of the molecule is COc1ccccc1-c1nc2c(cc3c4c(cc(N5CCOCC5)nc42)C(=O)N3C)o1. The molecule has 4 heterocycles. The molecule has 0 bridgehead atoms. The molecule has 8 nitrogen and oxygen atoms in total. The van der Waals surface area contributed by atoms with E-state index in [-0.39, 0.29) is 5.91 Å². The average Bonchev–Trinajstić information content (AvgIpc) is 3.36. The Hall–Kier alpha value is -3.65. The summed E-state index contributed by atoms with van der Waals surface area (Å²) in [5.74, 6) is 1.85. The van der Waals surface area contributed by atoms with Crippen LogP contribution in [-0.4, -0.2) is 56.3 Å². The molecule has 2 aliphatic heterocycles. The lowest BCUT2D eigenvalue weighted by molar-refractivity contribution is 0.0999. The summed E-state index contributed by atoms with van der Waals surface area (Å²) in [4.78, 5) is 26.5. The standard InChI is InChI=1S/C23H20N4O4/c1-26-15-12-17-20(25-22(31-17)13-5-3-4-6-16(13)29-2)21-19(15)14(23(26)28)11-18(24-21)27-7-9-30-10-8-27/h3-6,11-12H,7-10H2,1-2H3. The molecule has 0 aliphatic carbocycles. The van der Waals surface area contributed by atoms with Gasteiger partial charge in [0, 0.05) is 31.6 Å². The van der Waals surface area contributed by atoms with E-state index in [9.17, 15) is 4.79 Å². The third-order valence-electron chi connectivity index (χ3n) is 5.98. The van der Waals surface area contributed by atoms with Crippen LogP contribution in [0.3, 0.4) is 0 Å². The minimum Gasteiger partial charge on any atom is -0.496 e. The summed E-state index contributed by atoms with van der Waals surface area (Å²) in [6.07, 6.45) is 0.